The van der Waals surface area contributed by atoms with Crippen LogP contribution in [0.15, 0.2) is 47.1 Å². The molecule has 1 radical (unpaired) electrons. The number of hydrogen-bond donors (Lipinski definition) is 0. The fourth-order valence-corrected chi connectivity index (χ4v) is 1.21. The number of fused-ring (bicyclic) bond motifs is 1. The van der Waals surface area contributed by atoms with E-state index in [1.165, 1.54) is 0 Å². The Morgan fingerprint density at radius 1 is 1.18 bits per heavy atom. The summed E-state index contributed by atoms with van der Waals surface area (Å²) in [6, 6.07) is 0. The lowest BCUT2D eigenvalue weighted by Crippen LogP contribution is -1.92. The number of rotatable bonds is 1. The summed E-state index contributed by atoms with van der Waals surface area (Å²) in [4.78, 5) is 10.4. The predicted octanol–water partition coefficient (Wildman–Crippen LogP) is 1.31. The molecule has 0 spiro atoms. The van der Waals surface area contributed by atoms with Crippen molar-refractivity contribution >= 4 is 5.97 Å². The van der Waals surface area contributed by atoms with E-state index in [0.717, 1.165) is 11.1 Å². The molecule has 0 saturated heterocycles. The minimum Gasteiger partial charge on any atom is -0.242 e. The van der Waals surface area contributed by atoms with E-state index in [1.807, 2.05) is 18.2 Å². The maximum atomic E-state index is 10.4. The average Bonchev–Trinajstić information content (AvgIpc) is 2.40. The molecule has 0 atom stereocenters. The summed E-state index contributed by atoms with van der Waals surface area (Å²) < 4.78 is 0. The summed E-state index contributed by atoms with van der Waals surface area (Å²) in [7, 11) is 0. The summed E-state index contributed by atoms with van der Waals surface area (Å²) in [5.74, 6) is -1.11. The Morgan fingerprint density at radius 2 is 2.00 bits per heavy atom. The van der Waals surface area contributed by atoms with Crippen LogP contribution in [0.3, 0.4) is 0 Å². The topological polar surface area (TPSA) is 37.0 Å². The van der Waals surface area contributed by atoms with Crippen molar-refractivity contribution in [3.63, 3.8) is 0 Å². The molecule has 0 amide bonds. The van der Waals surface area contributed by atoms with Crippen molar-refractivity contribution in [1.82, 2.24) is 0 Å². The van der Waals surface area contributed by atoms with E-state index in [2.05, 4.69) is 0 Å². The van der Waals surface area contributed by atoms with Crippen LogP contribution in [0, 0.1) is 0 Å². The second-order valence-electron chi connectivity index (χ2n) is 2.47. The van der Waals surface area contributed by atoms with Crippen molar-refractivity contribution in [3.8, 4) is 0 Å². The second kappa shape index (κ2) is 1.95. The molecule has 0 heterocycles. The molecule has 2 aliphatic carbocycles. The van der Waals surface area contributed by atoms with Crippen LogP contribution in [0.2, 0.25) is 0 Å². The first-order valence-corrected chi connectivity index (χ1v) is 3.31. The minimum absolute atomic E-state index is 0.260. The van der Waals surface area contributed by atoms with Crippen molar-refractivity contribution < 1.29 is 9.90 Å². The molecule has 2 heteroatoms. The third kappa shape index (κ3) is 0.835. The fourth-order valence-electron chi connectivity index (χ4n) is 1.21. The van der Waals surface area contributed by atoms with Crippen LogP contribution in [0.5, 0.6) is 0 Å². The van der Waals surface area contributed by atoms with Crippen LogP contribution in [0.1, 0.15) is 0 Å². The SMILES string of the molecule is [O]C(=O)C1=CC2=CC=CC2=C1. The first-order valence-electron chi connectivity index (χ1n) is 3.31. The smallest absolute Gasteiger partial charge is 0.242 e. The monoisotopic (exact) mass is 145 g/mol. The van der Waals surface area contributed by atoms with Gasteiger partial charge in [-0.1, -0.05) is 18.2 Å². The third-order valence-electron chi connectivity index (χ3n) is 1.74. The van der Waals surface area contributed by atoms with Gasteiger partial charge in [0.1, 0.15) is 0 Å². The van der Waals surface area contributed by atoms with Gasteiger partial charge in [-0.3, -0.25) is 0 Å². The van der Waals surface area contributed by atoms with E-state index >= 15 is 0 Å². The molecule has 0 bridgehead atoms. The Labute approximate surface area is 63.8 Å². The highest BCUT2D eigenvalue weighted by Gasteiger charge is 2.17. The number of carbonyl (C=O) groups is 1. The standard InChI is InChI=1S/C9H5O2/c10-9(11)8-4-6-2-1-3-7(6)5-8/h1-5H. The lowest BCUT2D eigenvalue weighted by Gasteiger charge is -1.85. The largest absolute Gasteiger partial charge is 0.386 e. The molecule has 0 aliphatic heterocycles. The Bertz CT molecular complexity index is 341. The van der Waals surface area contributed by atoms with Crippen LogP contribution in [0.25, 0.3) is 0 Å². The predicted molar refractivity (Wildman–Crippen MR) is 39.1 cm³/mol. The minimum atomic E-state index is -1.11. The molecule has 2 rings (SSSR count). The van der Waals surface area contributed by atoms with Gasteiger partial charge in [0.2, 0.25) is 0 Å². The Kier molecular flexibility index (Phi) is 1.09. The molecule has 0 fully saturated rings. The van der Waals surface area contributed by atoms with Crippen LogP contribution in [0.4, 0.5) is 0 Å². The fraction of sp³-hybridized carbons (Fsp3) is 0. The van der Waals surface area contributed by atoms with Gasteiger partial charge in [-0.2, -0.15) is 0 Å². The van der Waals surface area contributed by atoms with Gasteiger partial charge in [-0.15, -0.1) is 0 Å². The van der Waals surface area contributed by atoms with Gasteiger partial charge >= 0.3 is 5.97 Å². The highest BCUT2D eigenvalue weighted by Crippen LogP contribution is 2.28. The van der Waals surface area contributed by atoms with E-state index in [0.29, 0.717) is 0 Å². The first-order chi connectivity index (χ1) is 5.27. The van der Waals surface area contributed by atoms with Gasteiger partial charge in [0.15, 0.2) is 0 Å². The molecule has 0 saturated carbocycles. The van der Waals surface area contributed by atoms with E-state index < -0.39 is 5.97 Å². The van der Waals surface area contributed by atoms with Crippen LogP contribution in [-0.4, -0.2) is 5.97 Å². The van der Waals surface area contributed by atoms with Gasteiger partial charge < -0.3 is 0 Å². The molecule has 0 aromatic rings. The number of carbonyl (C=O) groups excluding carboxylic acids is 1. The lowest BCUT2D eigenvalue weighted by molar-refractivity contribution is -0.138. The van der Waals surface area contributed by atoms with Gasteiger partial charge in [-0.05, 0) is 23.3 Å². The molecule has 11 heavy (non-hydrogen) atoms. The molecule has 0 unspecified atom stereocenters. The van der Waals surface area contributed by atoms with Crippen molar-refractivity contribution in [2.24, 2.45) is 0 Å². The number of allylic oxidation sites excluding steroid dienone is 6. The zero-order chi connectivity index (χ0) is 7.84. The van der Waals surface area contributed by atoms with E-state index in [-0.39, 0.29) is 5.57 Å². The zero-order valence-electron chi connectivity index (χ0n) is 5.70. The van der Waals surface area contributed by atoms with E-state index in [1.54, 1.807) is 12.2 Å². The summed E-state index contributed by atoms with van der Waals surface area (Å²) in [6.07, 6.45) is 8.88. The van der Waals surface area contributed by atoms with Crippen LogP contribution in [-0.2, 0) is 9.90 Å². The van der Waals surface area contributed by atoms with Gasteiger partial charge in [-0.25, -0.2) is 9.90 Å². The quantitative estimate of drug-likeness (QED) is 0.548. The van der Waals surface area contributed by atoms with Crippen LogP contribution < -0.4 is 0 Å². The first kappa shape index (κ1) is 6.16. The van der Waals surface area contributed by atoms with Gasteiger partial charge in [0.05, 0.1) is 5.57 Å². The third-order valence-corrected chi connectivity index (χ3v) is 1.74. The van der Waals surface area contributed by atoms with E-state index in [9.17, 15) is 9.90 Å². The molecule has 53 valence electrons. The summed E-state index contributed by atoms with van der Waals surface area (Å²) >= 11 is 0. The molecule has 0 aromatic heterocycles. The van der Waals surface area contributed by atoms with Crippen molar-refractivity contribution in [1.29, 1.82) is 0 Å². The maximum Gasteiger partial charge on any atom is 0.386 e. The molecule has 2 nitrogen and oxygen atoms in total. The summed E-state index contributed by atoms with van der Waals surface area (Å²) in [5, 5.41) is 10.4. The van der Waals surface area contributed by atoms with Crippen LogP contribution >= 0.6 is 0 Å². The lowest BCUT2D eigenvalue weighted by atomic mass is 10.2. The van der Waals surface area contributed by atoms with Crippen molar-refractivity contribution in [2.75, 3.05) is 0 Å². The summed E-state index contributed by atoms with van der Waals surface area (Å²) in [6.45, 7) is 0. The molecular formula is C9H5O2. The second-order valence-corrected chi connectivity index (χ2v) is 2.47. The van der Waals surface area contributed by atoms with Crippen molar-refractivity contribution in [2.45, 2.75) is 0 Å². The van der Waals surface area contributed by atoms with E-state index in [4.69, 9.17) is 0 Å². The van der Waals surface area contributed by atoms with Crippen molar-refractivity contribution in [3.05, 3.63) is 47.1 Å². The number of hydrogen-bond acceptors (Lipinski definition) is 1. The highest BCUT2D eigenvalue weighted by molar-refractivity contribution is 5.93. The zero-order valence-corrected chi connectivity index (χ0v) is 5.70. The molecule has 0 aromatic carbocycles. The normalized spacial score (nSPS) is 19.1. The average molecular weight is 145 g/mol. The molecule has 0 N–H and O–H groups in total. The highest BCUT2D eigenvalue weighted by atomic mass is 16.4. The molecule has 2 aliphatic rings. The Balaban J connectivity index is 2.41. The Hall–Kier alpha value is -1.57. The van der Waals surface area contributed by atoms with Gasteiger partial charge in [0, 0.05) is 0 Å². The summed E-state index contributed by atoms with van der Waals surface area (Å²) in [5.41, 5.74) is 2.18. The maximum absolute atomic E-state index is 10.4. The molecular weight excluding hydrogens is 140 g/mol. The van der Waals surface area contributed by atoms with Gasteiger partial charge in [0.25, 0.3) is 0 Å². The Morgan fingerprint density at radius 3 is 2.64 bits per heavy atom.